The number of benzene rings is 4. The second-order valence-electron chi connectivity index (χ2n) is 14.7. The normalized spacial score (nSPS) is 11.6. The van der Waals surface area contributed by atoms with E-state index in [1.165, 1.54) is 33.4 Å². The third kappa shape index (κ3) is 9.60. The van der Waals surface area contributed by atoms with E-state index in [-0.39, 0.29) is 54.2 Å². The first kappa shape index (κ1) is 45.8. The molecule has 0 saturated heterocycles. The first-order chi connectivity index (χ1) is 22.4. The van der Waals surface area contributed by atoms with Crippen LogP contribution in [0, 0.1) is 22.3 Å². The zero-order chi connectivity index (χ0) is 34.0. The van der Waals surface area contributed by atoms with Crippen LogP contribution < -0.4 is 0 Å². The summed E-state index contributed by atoms with van der Waals surface area (Å²) in [6, 6.07) is 32.7. The molecule has 270 valence electrons. The third-order valence-corrected chi connectivity index (χ3v) is 9.52. The summed E-state index contributed by atoms with van der Waals surface area (Å²) in [5.41, 5.74) is 13.5. The molecule has 0 saturated carbocycles. The zero-order valence-electron chi connectivity index (χ0n) is 34.0. The Kier molecular flexibility index (Phi) is 17.6. The molecule has 1 unspecified atom stereocenters. The van der Waals surface area contributed by atoms with E-state index in [9.17, 15) is 0 Å². The minimum atomic E-state index is -0.298. The van der Waals surface area contributed by atoms with Crippen molar-refractivity contribution >= 4 is 5.69 Å². The molecule has 0 aliphatic carbocycles. The molecule has 0 N–H and O–H groups in total. The van der Waals surface area contributed by atoms with Gasteiger partial charge in [0, 0.05) is 18.2 Å². The first-order valence-electron chi connectivity index (χ1n) is 17.6. The smallest absolute Gasteiger partial charge is 0.671 e. The van der Waals surface area contributed by atoms with Gasteiger partial charge in [0.15, 0.2) is 0 Å². The minimum Gasteiger partial charge on any atom is -0.671 e. The van der Waals surface area contributed by atoms with Gasteiger partial charge in [0.05, 0.1) is 17.2 Å². The van der Waals surface area contributed by atoms with Crippen molar-refractivity contribution in [2.75, 3.05) is 0 Å². The number of hydrogen-bond acceptors (Lipinski definition) is 1. The topological polar surface area (TPSA) is 31.9 Å². The van der Waals surface area contributed by atoms with Crippen molar-refractivity contribution in [3.8, 4) is 22.5 Å². The Hall–Kier alpha value is -3.24. The molecule has 0 amide bonds. The SMILES string of the molecule is CC(C)c1cc(C(C)C)c(C([N-]c2c(C(C)C)cccc2C(C)C)c2nc(-c3ccccc3)c(-c3ccccc3)n2C)c(C(C)C)c1.[CH3-].[CH3-].[CH3-].[Hf+4]. The number of imidazole rings is 1. The molecule has 3 nitrogen and oxygen atoms in total. The van der Waals surface area contributed by atoms with E-state index in [1.54, 1.807) is 0 Å². The van der Waals surface area contributed by atoms with Crippen LogP contribution >= 0.6 is 0 Å². The summed E-state index contributed by atoms with van der Waals surface area (Å²) < 4.78 is 2.32. The molecule has 5 rings (SSSR count). The van der Waals surface area contributed by atoms with Crippen LogP contribution in [0.2, 0.25) is 0 Å². The number of para-hydroxylation sites is 1. The molecule has 51 heavy (non-hydrogen) atoms. The van der Waals surface area contributed by atoms with E-state index in [1.807, 2.05) is 0 Å². The van der Waals surface area contributed by atoms with Gasteiger partial charge in [-0.3, -0.25) is 0 Å². The Morgan fingerprint density at radius 3 is 1.37 bits per heavy atom. The van der Waals surface area contributed by atoms with E-state index in [4.69, 9.17) is 10.3 Å². The summed E-state index contributed by atoms with van der Waals surface area (Å²) in [6.07, 6.45) is 0. The van der Waals surface area contributed by atoms with Crippen LogP contribution in [0.25, 0.3) is 27.8 Å². The molecule has 1 atom stereocenters. The van der Waals surface area contributed by atoms with Crippen LogP contribution in [0.4, 0.5) is 5.69 Å². The molecular formula is C47H63HfN3. The van der Waals surface area contributed by atoms with Crippen molar-refractivity contribution in [2.24, 2.45) is 7.05 Å². The van der Waals surface area contributed by atoms with E-state index in [0.29, 0.717) is 29.6 Å². The third-order valence-electron chi connectivity index (χ3n) is 9.52. The fourth-order valence-electron chi connectivity index (χ4n) is 6.85. The Labute approximate surface area is 331 Å². The van der Waals surface area contributed by atoms with Crippen molar-refractivity contribution in [1.29, 1.82) is 0 Å². The van der Waals surface area contributed by atoms with Gasteiger partial charge in [-0.15, -0.1) is 5.69 Å². The number of nitrogens with zero attached hydrogens (tertiary/aromatic N) is 3. The summed E-state index contributed by atoms with van der Waals surface area (Å²) in [5, 5.41) is 5.92. The summed E-state index contributed by atoms with van der Waals surface area (Å²) in [4.78, 5) is 5.61. The Morgan fingerprint density at radius 1 is 0.529 bits per heavy atom. The van der Waals surface area contributed by atoms with Crippen molar-refractivity contribution in [3.05, 3.63) is 158 Å². The van der Waals surface area contributed by atoms with E-state index in [2.05, 4.69) is 172 Å². The molecule has 0 radical (unpaired) electrons. The Morgan fingerprint density at radius 2 is 0.961 bits per heavy atom. The fourth-order valence-corrected chi connectivity index (χ4v) is 6.85. The maximum atomic E-state index is 5.92. The maximum absolute atomic E-state index is 5.92. The predicted molar refractivity (Wildman–Crippen MR) is 222 cm³/mol. The van der Waals surface area contributed by atoms with E-state index in [0.717, 1.165) is 34.0 Å². The average Bonchev–Trinajstić information content (AvgIpc) is 3.39. The van der Waals surface area contributed by atoms with Gasteiger partial charge < -0.3 is 32.2 Å². The Bertz CT molecular complexity index is 1740. The van der Waals surface area contributed by atoms with Crippen molar-refractivity contribution < 1.29 is 25.8 Å². The minimum absolute atomic E-state index is 0. The Balaban J connectivity index is 0.00000325. The van der Waals surface area contributed by atoms with Gasteiger partial charge in [-0.2, -0.15) is 0 Å². The van der Waals surface area contributed by atoms with Crippen LogP contribution in [0.1, 0.15) is 144 Å². The fraction of sp³-hybridized carbons (Fsp3) is 0.362. The molecule has 4 aromatic carbocycles. The number of hydrogen-bond donors (Lipinski definition) is 0. The van der Waals surface area contributed by atoms with Crippen molar-refractivity contribution in [3.63, 3.8) is 0 Å². The molecule has 0 aliphatic rings. The molecule has 0 spiro atoms. The molecule has 1 heterocycles. The van der Waals surface area contributed by atoms with Gasteiger partial charge in [-0.05, 0) is 57.9 Å². The van der Waals surface area contributed by atoms with Crippen LogP contribution in [0.3, 0.4) is 0 Å². The quantitative estimate of drug-likeness (QED) is 0.0962. The van der Waals surface area contributed by atoms with E-state index >= 15 is 0 Å². The summed E-state index contributed by atoms with van der Waals surface area (Å²) in [6.45, 7) is 23.1. The second kappa shape index (κ2) is 19.6. The van der Waals surface area contributed by atoms with Crippen molar-refractivity contribution in [2.45, 2.75) is 105 Å². The van der Waals surface area contributed by atoms with Crippen LogP contribution in [0.5, 0.6) is 0 Å². The first-order valence-corrected chi connectivity index (χ1v) is 17.6. The van der Waals surface area contributed by atoms with Gasteiger partial charge in [0.1, 0.15) is 0 Å². The molecular weight excluding hydrogens is 785 g/mol. The molecule has 4 heteroatoms. The van der Waals surface area contributed by atoms with Crippen molar-refractivity contribution in [1.82, 2.24) is 9.55 Å². The molecule has 1 aromatic heterocycles. The molecule has 0 bridgehead atoms. The number of rotatable bonds is 11. The van der Waals surface area contributed by atoms with Crippen LogP contribution in [-0.4, -0.2) is 9.55 Å². The molecule has 0 aliphatic heterocycles. The standard InChI is InChI=1S/C44H54N3.3CH3.Hf/c1-27(2)34-25-37(30(7)8)39(38(26-34)31(9)10)42(45-41-35(28(3)4)23-18-24-36(41)29(5)6)44-46-40(32-19-14-12-15-20-32)43(47(44)11)33-21-16-13-17-22-33;;;;/h12-31,42H,1-11H3;3*1H3;/q4*-1;+4. The van der Waals surface area contributed by atoms with Crippen LogP contribution in [-0.2, 0) is 32.9 Å². The summed E-state index contributed by atoms with van der Waals surface area (Å²) >= 11 is 0. The van der Waals surface area contributed by atoms with Crippen LogP contribution in [0.15, 0.2) is 91.0 Å². The number of aromatic nitrogens is 2. The van der Waals surface area contributed by atoms with Gasteiger partial charge in [0.2, 0.25) is 0 Å². The molecule has 0 fully saturated rings. The van der Waals surface area contributed by atoms with Gasteiger partial charge in [-0.25, -0.2) is 4.98 Å². The van der Waals surface area contributed by atoms with Gasteiger partial charge in [-0.1, -0.05) is 171 Å². The monoisotopic (exact) mass is 849 g/mol. The van der Waals surface area contributed by atoms with E-state index < -0.39 is 0 Å². The van der Waals surface area contributed by atoms with Gasteiger partial charge in [0.25, 0.3) is 0 Å². The average molecular weight is 849 g/mol. The summed E-state index contributed by atoms with van der Waals surface area (Å²) in [7, 11) is 2.18. The molecule has 5 aromatic rings. The zero-order valence-corrected chi connectivity index (χ0v) is 37.6. The summed E-state index contributed by atoms with van der Waals surface area (Å²) in [5.74, 6) is 2.74. The largest absolute Gasteiger partial charge is 4.00 e. The second-order valence-corrected chi connectivity index (χ2v) is 14.7. The van der Waals surface area contributed by atoms with Gasteiger partial charge >= 0.3 is 25.8 Å². The maximum Gasteiger partial charge on any atom is 4.00 e. The predicted octanol–water partition coefficient (Wildman–Crippen LogP) is 14.5.